The SMILES string of the molecule is CN(CC(=O)NC[C@@H](c1ccccc1)N1CCCC1)S(C)(=O)=O. The maximum atomic E-state index is 12.0. The highest BCUT2D eigenvalue weighted by atomic mass is 32.2. The Kier molecular flexibility index (Phi) is 6.15. The number of carbonyl (C=O) groups excluding carboxylic acids is 1. The van der Waals surface area contributed by atoms with Crippen LogP contribution in [-0.2, 0) is 14.8 Å². The molecule has 0 saturated carbocycles. The highest BCUT2D eigenvalue weighted by Crippen LogP contribution is 2.24. The molecular weight excluding hydrogens is 314 g/mol. The first-order chi connectivity index (χ1) is 10.9. The summed E-state index contributed by atoms with van der Waals surface area (Å²) in [6, 6.07) is 10.2. The number of likely N-dealkylation sites (tertiary alicyclic amines) is 1. The lowest BCUT2D eigenvalue weighted by Gasteiger charge is -2.28. The number of hydrogen-bond acceptors (Lipinski definition) is 4. The predicted octanol–water partition coefficient (Wildman–Crippen LogP) is 0.831. The number of nitrogens with zero attached hydrogens (tertiary/aromatic N) is 2. The van der Waals surface area contributed by atoms with E-state index in [1.807, 2.05) is 18.2 Å². The van der Waals surface area contributed by atoms with Crippen LogP contribution in [0.1, 0.15) is 24.4 Å². The van der Waals surface area contributed by atoms with Gasteiger partial charge in [0.2, 0.25) is 15.9 Å². The van der Waals surface area contributed by atoms with E-state index in [4.69, 9.17) is 0 Å². The summed E-state index contributed by atoms with van der Waals surface area (Å²) in [5, 5.41) is 2.87. The summed E-state index contributed by atoms with van der Waals surface area (Å²) < 4.78 is 23.8. The molecule has 1 heterocycles. The molecule has 0 unspecified atom stereocenters. The van der Waals surface area contributed by atoms with Gasteiger partial charge in [-0.1, -0.05) is 30.3 Å². The van der Waals surface area contributed by atoms with E-state index >= 15 is 0 Å². The average molecular weight is 339 g/mol. The first kappa shape index (κ1) is 17.9. The number of hydrogen-bond donors (Lipinski definition) is 1. The Hall–Kier alpha value is -1.44. The molecule has 0 radical (unpaired) electrons. The van der Waals surface area contributed by atoms with E-state index in [0.29, 0.717) is 6.54 Å². The molecule has 1 amide bonds. The Bertz CT molecular complexity index is 613. The molecule has 0 spiro atoms. The smallest absolute Gasteiger partial charge is 0.235 e. The van der Waals surface area contributed by atoms with E-state index in [1.54, 1.807) is 0 Å². The third-order valence-corrected chi connectivity index (χ3v) is 5.45. The first-order valence-electron chi connectivity index (χ1n) is 7.85. The van der Waals surface area contributed by atoms with Crippen LogP contribution >= 0.6 is 0 Å². The standard InChI is InChI=1S/C16H25N3O3S/c1-18(23(2,21)22)13-16(20)17-12-15(19-10-6-7-11-19)14-8-4-3-5-9-14/h3-5,8-9,15H,6-7,10-13H2,1-2H3,(H,17,20)/t15-/m0/s1. The second-order valence-corrected chi connectivity index (χ2v) is 8.08. The highest BCUT2D eigenvalue weighted by molar-refractivity contribution is 7.88. The maximum absolute atomic E-state index is 12.0. The molecular formula is C16H25N3O3S. The predicted molar refractivity (Wildman–Crippen MR) is 90.5 cm³/mol. The lowest BCUT2D eigenvalue weighted by atomic mass is 10.1. The van der Waals surface area contributed by atoms with Crippen molar-refractivity contribution in [3.63, 3.8) is 0 Å². The van der Waals surface area contributed by atoms with E-state index in [9.17, 15) is 13.2 Å². The fraction of sp³-hybridized carbons (Fsp3) is 0.562. The summed E-state index contributed by atoms with van der Waals surface area (Å²) in [5.41, 5.74) is 1.17. The molecule has 0 bridgehead atoms. The van der Waals surface area contributed by atoms with Gasteiger partial charge in [-0.15, -0.1) is 0 Å². The normalized spacial score (nSPS) is 17.3. The Balaban J connectivity index is 1.97. The molecule has 1 aliphatic heterocycles. The second kappa shape index (κ2) is 7.90. The van der Waals surface area contributed by atoms with Crippen LogP contribution in [0.15, 0.2) is 30.3 Å². The van der Waals surface area contributed by atoms with Crippen molar-refractivity contribution in [1.82, 2.24) is 14.5 Å². The number of sulfonamides is 1. The minimum atomic E-state index is -3.34. The van der Waals surface area contributed by atoms with E-state index in [0.717, 1.165) is 23.7 Å². The van der Waals surface area contributed by atoms with Crippen molar-refractivity contribution in [2.45, 2.75) is 18.9 Å². The lowest BCUT2D eigenvalue weighted by Crippen LogP contribution is -2.42. The molecule has 6 nitrogen and oxygen atoms in total. The fourth-order valence-corrected chi connectivity index (χ4v) is 3.12. The van der Waals surface area contributed by atoms with Gasteiger partial charge in [-0.2, -0.15) is 4.31 Å². The number of benzene rings is 1. The Morgan fingerprint density at radius 3 is 2.43 bits per heavy atom. The van der Waals surface area contributed by atoms with Crippen LogP contribution < -0.4 is 5.32 Å². The first-order valence-corrected chi connectivity index (χ1v) is 9.70. The maximum Gasteiger partial charge on any atom is 0.235 e. The number of nitrogens with one attached hydrogen (secondary N) is 1. The lowest BCUT2D eigenvalue weighted by molar-refractivity contribution is -0.121. The molecule has 2 rings (SSSR count). The molecule has 1 aliphatic rings. The van der Waals surface area contributed by atoms with Crippen LogP contribution in [0, 0.1) is 0 Å². The summed E-state index contributed by atoms with van der Waals surface area (Å²) in [7, 11) is -1.94. The molecule has 1 aromatic carbocycles. The number of amides is 1. The molecule has 1 N–H and O–H groups in total. The molecule has 1 saturated heterocycles. The topological polar surface area (TPSA) is 69.7 Å². The quantitative estimate of drug-likeness (QED) is 0.799. The van der Waals surface area contributed by atoms with Crippen molar-refractivity contribution in [2.75, 3.05) is 39.5 Å². The average Bonchev–Trinajstić information content (AvgIpc) is 3.01. The minimum absolute atomic E-state index is 0.131. The van der Waals surface area contributed by atoms with Gasteiger partial charge in [0.05, 0.1) is 18.8 Å². The van der Waals surface area contributed by atoms with Crippen molar-refractivity contribution in [3.8, 4) is 0 Å². The third-order valence-electron chi connectivity index (χ3n) is 4.19. The van der Waals surface area contributed by atoms with Gasteiger partial charge in [0.25, 0.3) is 0 Å². The zero-order chi connectivity index (χ0) is 16.9. The molecule has 128 valence electrons. The number of rotatable bonds is 7. The molecule has 1 atom stereocenters. The van der Waals surface area contributed by atoms with Gasteiger partial charge in [0, 0.05) is 13.6 Å². The van der Waals surface area contributed by atoms with E-state index in [2.05, 4.69) is 22.3 Å². The van der Waals surface area contributed by atoms with Crippen molar-refractivity contribution < 1.29 is 13.2 Å². The third kappa shape index (κ3) is 5.30. The summed E-state index contributed by atoms with van der Waals surface area (Å²) in [6.45, 7) is 2.39. The van der Waals surface area contributed by atoms with Crippen LogP contribution in [0.5, 0.6) is 0 Å². The van der Waals surface area contributed by atoms with E-state index < -0.39 is 10.0 Å². The Labute approximate surface area is 138 Å². The molecule has 0 aromatic heterocycles. The van der Waals surface area contributed by atoms with Crippen molar-refractivity contribution in [3.05, 3.63) is 35.9 Å². The van der Waals surface area contributed by atoms with Gasteiger partial charge in [0.15, 0.2) is 0 Å². The van der Waals surface area contributed by atoms with Crippen LogP contribution in [-0.4, -0.2) is 63.0 Å². The number of carbonyl (C=O) groups is 1. The second-order valence-electron chi connectivity index (χ2n) is 5.99. The zero-order valence-corrected chi connectivity index (χ0v) is 14.6. The molecule has 1 fully saturated rings. The molecule has 1 aromatic rings. The Morgan fingerprint density at radius 2 is 1.87 bits per heavy atom. The van der Waals surface area contributed by atoms with Crippen LogP contribution in [0.25, 0.3) is 0 Å². The van der Waals surface area contributed by atoms with Gasteiger partial charge in [-0.3, -0.25) is 9.69 Å². The van der Waals surface area contributed by atoms with Gasteiger partial charge in [-0.05, 0) is 31.5 Å². The molecule has 23 heavy (non-hydrogen) atoms. The van der Waals surface area contributed by atoms with Crippen LogP contribution in [0.4, 0.5) is 0 Å². The minimum Gasteiger partial charge on any atom is -0.353 e. The Morgan fingerprint density at radius 1 is 1.26 bits per heavy atom. The van der Waals surface area contributed by atoms with Crippen LogP contribution in [0.3, 0.4) is 0 Å². The zero-order valence-electron chi connectivity index (χ0n) is 13.7. The molecule has 0 aliphatic carbocycles. The van der Waals surface area contributed by atoms with Gasteiger partial charge in [-0.25, -0.2) is 8.42 Å². The van der Waals surface area contributed by atoms with Crippen LogP contribution in [0.2, 0.25) is 0 Å². The molecule has 7 heteroatoms. The number of likely N-dealkylation sites (N-methyl/N-ethyl adjacent to an activating group) is 1. The van der Waals surface area contributed by atoms with Crippen molar-refractivity contribution in [2.24, 2.45) is 0 Å². The summed E-state index contributed by atoms with van der Waals surface area (Å²) in [5.74, 6) is -0.280. The highest BCUT2D eigenvalue weighted by Gasteiger charge is 2.24. The van der Waals surface area contributed by atoms with Gasteiger partial charge >= 0.3 is 0 Å². The monoisotopic (exact) mass is 339 g/mol. The summed E-state index contributed by atoms with van der Waals surface area (Å²) >= 11 is 0. The van der Waals surface area contributed by atoms with E-state index in [1.165, 1.54) is 25.5 Å². The largest absolute Gasteiger partial charge is 0.353 e. The fourth-order valence-electron chi connectivity index (χ4n) is 2.77. The van der Waals surface area contributed by atoms with Gasteiger partial charge < -0.3 is 5.32 Å². The summed E-state index contributed by atoms with van der Waals surface area (Å²) in [6.07, 6.45) is 3.44. The summed E-state index contributed by atoms with van der Waals surface area (Å²) in [4.78, 5) is 14.4. The van der Waals surface area contributed by atoms with Crippen molar-refractivity contribution >= 4 is 15.9 Å². The van der Waals surface area contributed by atoms with E-state index in [-0.39, 0.29) is 18.5 Å². The van der Waals surface area contributed by atoms with Gasteiger partial charge in [0.1, 0.15) is 0 Å². The van der Waals surface area contributed by atoms with Crippen molar-refractivity contribution in [1.29, 1.82) is 0 Å².